The van der Waals surface area contributed by atoms with E-state index < -0.39 is 0 Å². The molecule has 0 saturated heterocycles. The predicted octanol–water partition coefficient (Wildman–Crippen LogP) is 3.62. The molecule has 0 saturated carbocycles. The molecule has 11 heavy (non-hydrogen) atoms. The molecule has 0 fully saturated rings. The average Bonchev–Trinajstić information content (AvgIpc) is 2.05. The largest absolute Gasteiger partial charge is 0.0956 e. The Hall–Kier alpha value is -0.780. The Balaban J connectivity index is 2.68. The third-order valence-corrected chi connectivity index (χ3v) is 2.24. The van der Waals surface area contributed by atoms with Crippen LogP contribution >= 0.6 is 0 Å². The second-order valence-corrected chi connectivity index (χ2v) is 3.16. The molecule has 0 N–H and O–H groups in total. The number of hydrogen-bond donors (Lipinski definition) is 0. The molecule has 0 heterocycles. The fourth-order valence-electron chi connectivity index (χ4n) is 1.26. The lowest BCUT2D eigenvalue weighted by atomic mass is 9.93. The van der Waals surface area contributed by atoms with Gasteiger partial charge in [0.1, 0.15) is 0 Å². The van der Waals surface area contributed by atoms with Gasteiger partial charge >= 0.3 is 0 Å². The maximum Gasteiger partial charge on any atom is -0.0239 e. The summed E-state index contributed by atoms with van der Waals surface area (Å²) in [5.74, 6) is 0. The van der Waals surface area contributed by atoms with E-state index in [9.17, 15) is 0 Å². The molecule has 1 aliphatic rings. The van der Waals surface area contributed by atoms with Gasteiger partial charge in [-0.15, -0.1) is 0 Å². The van der Waals surface area contributed by atoms with E-state index in [0.717, 1.165) is 6.42 Å². The van der Waals surface area contributed by atoms with Crippen LogP contribution in [0.4, 0.5) is 0 Å². The molecule has 0 spiro atoms. The van der Waals surface area contributed by atoms with Gasteiger partial charge in [0.25, 0.3) is 0 Å². The minimum absolute atomic E-state index is 1.08. The molecule has 0 aromatic carbocycles. The van der Waals surface area contributed by atoms with E-state index in [-0.39, 0.29) is 0 Å². The van der Waals surface area contributed by atoms with E-state index in [0.29, 0.717) is 0 Å². The summed E-state index contributed by atoms with van der Waals surface area (Å²) in [5.41, 5.74) is 4.23. The number of rotatable bonds is 2. The summed E-state index contributed by atoms with van der Waals surface area (Å²) < 4.78 is 0. The molecule has 0 bridgehead atoms. The Bertz CT molecular complexity index is 216. The summed E-state index contributed by atoms with van der Waals surface area (Å²) in [6.07, 6.45) is 7.91. The standard InChI is InChI=1S/C11H16/c1-4-10(3)11-7-5-9(2)6-8-11/h5,7H,3-4,6,8H2,1-2H3. The van der Waals surface area contributed by atoms with E-state index in [1.54, 1.807) is 0 Å². The summed E-state index contributed by atoms with van der Waals surface area (Å²) in [7, 11) is 0. The molecule has 0 unspecified atom stereocenters. The van der Waals surface area contributed by atoms with Crippen molar-refractivity contribution in [2.24, 2.45) is 0 Å². The van der Waals surface area contributed by atoms with Crippen molar-refractivity contribution in [3.05, 3.63) is 35.5 Å². The lowest BCUT2D eigenvalue weighted by molar-refractivity contribution is 0.896. The highest BCUT2D eigenvalue weighted by Crippen LogP contribution is 2.23. The quantitative estimate of drug-likeness (QED) is 0.561. The topological polar surface area (TPSA) is 0 Å². The van der Waals surface area contributed by atoms with Gasteiger partial charge in [-0.05, 0) is 31.8 Å². The monoisotopic (exact) mass is 148 g/mol. The summed E-state index contributed by atoms with van der Waals surface area (Å²) in [4.78, 5) is 0. The first-order valence-corrected chi connectivity index (χ1v) is 4.28. The first-order valence-electron chi connectivity index (χ1n) is 4.28. The lowest BCUT2D eigenvalue weighted by Crippen LogP contribution is -1.93. The van der Waals surface area contributed by atoms with Gasteiger partial charge in [-0.25, -0.2) is 0 Å². The Morgan fingerprint density at radius 3 is 2.64 bits per heavy atom. The van der Waals surface area contributed by atoms with Gasteiger partial charge in [0.15, 0.2) is 0 Å². The van der Waals surface area contributed by atoms with Crippen molar-refractivity contribution in [1.29, 1.82) is 0 Å². The van der Waals surface area contributed by atoms with Crippen molar-refractivity contribution in [1.82, 2.24) is 0 Å². The van der Waals surface area contributed by atoms with Crippen LogP contribution in [0.3, 0.4) is 0 Å². The van der Waals surface area contributed by atoms with Crippen molar-refractivity contribution in [3.8, 4) is 0 Å². The second-order valence-electron chi connectivity index (χ2n) is 3.16. The van der Waals surface area contributed by atoms with E-state index in [4.69, 9.17) is 0 Å². The second kappa shape index (κ2) is 3.56. The highest BCUT2D eigenvalue weighted by Gasteiger charge is 2.04. The molecule has 0 radical (unpaired) electrons. The summed E-state index contributed by atoms with van der Waals surface area (Å²) in [5, 5.41) is 0. The van der Waals surface area contributed by atoms with Gasteiger partial charge in [-0.2, -0.15) is 0 Å². The first-order chi connectivity index (χ1) is 5.24. The highest BCUT2D eigenvalue weighted by molar-refractivity contribution is 5.35. The van der Waals surface area contributed by atoms with Gasteiger partial charge in [-0.3, -0.25) is 0 Å². The van der Waals surface area contributed by atoms with Crippen molar-refractivity contribution >= 4 is 0 Å². The van der Waals surface area contributed by atoms with Crippen LogP contribution in [0.15, 0.2) is 35.5 Å². The zero-order valence-corrected chi connectivity index (χ0v) is 7.48. The van der Waals surface area contributed by atoms with Crippen LogP contribution in [0, 0.1) is 0 Å². The van der Waals surface area contributed by atoms with Gasteiger partial charge in [0.2, 0.25) is 0 Å². The fourth-order valence-corrected chi connectivity index (χ4v) is 1.26. The van der Waals surface area contributed by atoms with Crippen LogP contribution in [0.25, 0.3) is 0 Å². The van der Waals surface area contributed by atoms with Crippen molar-refractivity contribution < 1.29 is 0 Å². The van der Waals surface area contributed by atoms with E-state index in [1.807, 2.05) is 0 Å². The molecule has 60 valence electrons. The molecule has 0 aromatic rings. The number of hydrogen-bond acceptors (Lipinski definition) is 0. The summed E-state index contributed by atoms with van der Waals surface area (Å²) in [6, 6.07) is 0. The van der Waals surface area contributed by atoms with Crippen molar-refractivity contribution in [2.75, 3.05) is 0 Å². The summed E-state index contributed by atoms with van der Waals surface area (Å²) >= 11 is 0. The molecular formula is C11H16. The molecule has 1 rings (SSSR count). The normalized spacial score (nSPS) is 17.3. The van der Waals surface area contributed by atoms with Gasteiger partial charge in [0.05, 0.1) is 0 Å². The van der Waals surface area contributed by atoms with Crippen LogP contribution in [-0.2, 0) is 0 Å². The van der Waals surface area contributed by atoms with Gasteiger partial charge < -0.3 is 0 Å². The molecule has 0 nitrogen and oxygen atoms in total. The Morgan fingerprint density at radius 2 is 2.18 bits per heavy atom. The Morgan fingerprint density at radius 1 is 1.45 bits per heavy atom. The van der Waals surface area contributed by atoms with E-state index in [1.165, 1.54) is 29.6 Å². The van der Waals surface area contributed by atoms with Crippen molar-refractivity contribution in [3.63, 3.8) is 0 Å². The minimum atomic E-state index is 1.08. The van der Waals surface area contributed by atoms with Crippen molar-refractivity contribution in [2.45, 2.75) is 33.1 Å². The summed E-state index contributed by atoms with van der Waals surface area (Å²) in [6.45, 7) is 8.37. The molecule has 0 atom stereocenters. The average molecular weight is 148 g/mol. The lowest BCUT2D eigenvalue weighted by Gasteiger charge is -2.12. The van der Waals surface area contributed by atoms with Crippen LogP contribution in [-0.4, -0.2) is 0 Å². The molecule has 0 aliphatic heterocycles. The number of allylic oxidation sites excluding steroid dienone is 5. The fraction of sp³-hybridized carbons (Fsp3) is 0.455. The molecule has 0 aromatic heterocycles. The first kappa shape index (κ1) is 8.32. The van der Waals surface area contributed by atoms with Gasteiger partial charge in [-0.1, -0.05) is 36.8 Å². The van der Waals surface area contributed by atoms with Crippen LogP contribution < -0.4 is 0 Å². The third-order valence-electron chi connectivity index (χ3n) is 2.24. The molecular weight excluding hydrogens is 132 g/mol. The SMILES string of the molecule is C=C(CC)C1=CC=C(C)CC1. The molecule has 0 heteroatoms. The third kappa shape index (κ3) is 2.07. The van der Waals surface area contributed by atoms with Crippen LogP contribution in [0.5, 0.6) is 0 Å². The van der Waals surface area contributed by atoms with Gasteiger partial charge in [0, 0.05) is 0 Å². The van der Waals surface area contributed by atoms with Crippen LogP contribution in [0.2, 0.25) is 0 Å². The van der Waals surface area contributed by atoms with E-state index in [2.05, 4.69) is 32.6 Å². The highest BCUT2D eigenvalue weighted by atomic mass is 14.1. The predicted molar refractivity (Wildman–Crippen MR) is 50.5 cm³/mol. The maximum absolute atomic E-state index is 4.02. The smallest absolute Gasteiger partial charge is 0.0239 e. The molecule has 1 aliphatic carbocycles. The Kier molecular flexibility index (Phi) is 2.70. The van der Waals surface area contributed by atoms with Crippen LogP contribution in [0.1, 0.15) is 33.1 Å². The minimum Gasteiger partial charge on any atom is -0.0956 e. The Labute approximate surface area is 69.3 Å². The zero-order valence-electron chi connectivity index (χ0n) is 7.48. The molecule has 0 amide bonds. The zero-order chi connectivity index (χ0) is 8.27. The maximum atomic E-state index is 4.02. The van der Waals surface area contributed by atoms with E-state index >= 15 is 0 Å².